The lowest BCUT2D eigenvalue weighted by atomic mass is 10.0. The van der Waals surface area contributed by atoms with Crippen molar-refractivity contribution in [3.63, 3.8) is 0 Å². The van der Waals surface area contributed by atoms with Crippen molar-refractivity contribution in [2.45, 2.75) is 26.4 Å². The average molecular weight is 344 g/mol. The summed E-state index contributed by atoms with van der Waals surface area (Å²) in [7, 11) is 0. The Balaban J connectivity index is 1.75. The number of carbonyl (C=O) groups excluding carboxylic acids is 1. The summed E-state index contributed by atoms with van der Waals surface area (Å²) in [6, 6.07) is 25.6. The topological polar surface area (TPSA) is 41.1 Å². The van der Waals surface area contributed by atoms with E-state index in [1.54, 1.807) is 0 Å². The molecule has 0 aliphatic carbocycles. The summed E-state index contributed by atoms with van der Waals surface area (Å²) in [5, 5.41) is 6.40. The molecule has 132 valence electrons. The van der Waals surface area contributed by atoms with Crippen LogP contribution in [-0.4, -0.2) is 5.91 Å². The van der Waals surface area contributed by atoms with Crippen LogP contribution < -0.4 is 10.6 Å². The van der Waals surface area contributed by atoms with Gasteiger partial charge < -0.3 is 5.32 Å². The van der Waals surface area contributed by atoms with Crippen molar-refractivity contribution < 1.29 is 4.79 Å². The molecule has 1 amide bonds. The molecule has 0 spiro atoms. The van der Waals surface area contributed by atoms with Crippen LogP contribution in [0.25, 0.3) is 0 Å². The standard InChI is InChI=1S/C23H24N2O/c1-17-8-12-19(13-9-17)16-24-22(20-6-4-3-5-7-20)23(26)25-21-14-10-18(2)11-15-21/h3-15,22,24H,16H2,1-2H3,(H,25,26). The third-order valence-corrected chi connectivity index (χ3v) is 4.35. The zero-order valence-corrected chi connectivity index (χ0v) is 15.2. The van der Waals surface area contributed by atoms with E-state index >= 15 is 0 Å². The van der Waals surface area contributed by atoms with Crippen LogP contribution in [0.1, 0.15) is 28.3 Å². The number of hydrogen-bond acceptors (Lipinski definition) is 2. The predicted octanol–water partition coefficient (Wildman–Crippen LogP) is 4.77. The van der Waals surface area contributed by atoms with Crippen molar-refractivity contribution in [3.05, 3.63) is 101 Å². The van der Waals surface area contributed by atoms with Crippen molar-refractivity contribution in [2.75, 3.05) is 5.32 Å². The van der Waals surface area contributed by atoms with E-state index in [-0.39, 0.29) is 5.91 Å². The zero-order valence-electron chi connectivity index (χ0n) is 15.2. The molecule has 3 nitrogen and oxygen atoms in total. The molecule has 3 aromatic rings. The number of carbonyl (C=O) groups is 1. The highest BCUT2D eigenvalue weighted by Gasteiger charge is 2.20. The van der Waals surface area contributed by atoms with E-state index in [9.17, 15) is 4.79 Å². The third kappa shape index (κ3) is 4.80. The van der Waals surface area contributed by atoms with E-state index in [1.165, 1.54) is 11.1 Å². The zero-order chi connectivity index (χ0) is 18.4. The molecule has 0 heterocycles. The fourth-order valence-corrected chi connectivity index (χ4v) is 2.78. The molecule has 0 bridgehead atoms. The fraction of sp³-hybridized carbons (Fsp3) is 0.174. The van der Waals surface area contributed by atoms with E-state index in [0.717, 1.165) is 16.8 Å². The summed E-state index contributed by atoms with van der Waals surface area (Å²) in [6.07, 6.45) is 0. The average Bonchev–Trinajstić information content (AvgIpc) is 2.66. The van der Waals surface area contributed by atoms with Crippen LogP contribution in [0.5, 0.6) is 0 Å². The van der Waals surface area contributed by atoms with Crippen LogP contribution in [0.15, 0.2) is 78.9 Å². The number of nitrogens with one attached hydrogen (secondary N) is 2. The van der Waals surface area contributed by atoms with E-state index < -0.39 is 6.04 Å². The number of aryl methyl sites for hydroxylation is 2. The highest BCUT2D eigenvalue weighted by molar-refractivity contribution is 5.95. The van der Waals surface area contributed by atoms with Gasteiger partial charge in [-0.1, -0.05) is 77.9 Å². The number of anilines is 1. The Hall–Kier alpha value is -2.91. The minimum absolute atomic E-state index is 0.0628. The largest absolute Gasteiger partial charge is 0.324 e. The quantitative estimate of drug-likeness (QED) is 0.676. The van der Waals surface area contributed by atoms with Crippen molar-refractivity contribution >= 4 is 11.6 Å². The van der Waals surface area contributed by atoms with Gasteiger partial charge in [0, 0.05) is 12.2 Å². The fourth-order valence-electron chi connectivity index (χ4n) is 2.78. The van der Waals surface area contributed by atoms with Gasteiger partial charge in [0.1, 0.15) is 6.04 Å². The van der Waals surface area contributed by atoms with Crippen LogP contribution >= 0.6 is 0 Å². The molecule has 1 unspecified atom stereocenters. The summed E-state index contributed by atoms with van der Waals surface area (Å²) in [4.78, 5) is 12.9. The van der Waals surface area contributed by atoms with Crippen LogP contribution in [0, 0.1) is 13.8 Å². The summed E-state index contributed by atoms with van der Waals surface area (Å²) in [5.41, 5.74) is 5.30. The Morgan fingerprint density at radius 3 is 2.00 bits per heavy atom. The van der Waals surface area contributed by atoms with Gasteiger partial charge in [0.15, 0.2) is 0 Å². The Morgan fingerprint density at radius 2 is 1.38 bits per heavy atom. The maximum absolute atomic E-state index is 12.9. The first kappa shape index (κ1) is 17.9. The summed E-state index contributed by atoms with van der Waals surface area (Å²) < 4.78 is 0. The van der Waals surface area contributed by atoms with Crippen LogP contribution in [-0.2, 0) is 11.3 Å². The second-order valence-electron chi connectivity index (χ2n) is 6.57. The van der Waals surface area contributed by atoms with Crippen LogP contribution in [0.3, 0.4) is 0 Å². The lowest BCUT2D eigenvalue weighted by Gasteiger charge is -2.19. The van der Waals surface area contributed by atoms with Gasteiger partial charge in [0.25, 0.3) is 0 Å². The molecule has 0 aliphatic rings. The minimum Gasteiger partial charge on any atom is -0.324 e. The molecule has 3 rings (SSSR count). The van der Waals surface area contributed by atoms with Gasteiger partial charge in [-0.2, -0.15) is 0 Å². The van der Waals surface area contributed by atoms with Crippen LogP contribution in [0.2, 0.25) is 0 Å². The monoisotopic (exact) mass is 344 g/mol. The number of amides is 1. The van der Waals surface area contributed by atoms with Crippen molar-refractivity contribution in [3.8, 4) is 0 Å². The molecule has 0 aromatic heterocycles. The Labute approximate surface area is 155 Å². The lowest BCUT2D eigenvalue weighted by molar-refractivity contribution is -0.118. The molecule has 0 saturated heterocycles. The lowest BCUT2D eigenvalue weighted by Crippen LogP contribution is -2.32. The van der Waals surface area contributed by atoms with Gasteiger partial charge in [-0.25, -0.2) is 0 Å². The molecule has 3 aromatic carbocycles. The smallest absolute Gasteiger partial charge is 0.246 e. The molecule has 26 heavy (non-hydrogen) atoms. The van der Waals surface area contributed by atoms with Gasteiger partial charge in [0.05, 0.1) is 0 Å². The molecular formula is C23H24N2O. The van der Waals surface area contributed by atoms with E-state index in [1.807, 2.05) is 61.5 Å². The first-order chi connectivity index (χ1) is 12.6. The minimum atomic E-state index is -0.418. The van der Waals surface area contributed by atoms with Crippen molar-refractivity contribution in [2.24, 2.45) is 0 Å². The summed E-state index contributed by atoms with van der Waals surface area (Å²) >= 11 is 0. The molecule has 1 atom stereocenters. The third-order valence-electron chi connectivity index (χ3n) is 4.35. The van der Waals surface area contributed by atoms with Gasteiger partial charge >= 0.3 is 0 Å². The van der Waals surface area contributed by atoms with Crippen molar-refractivity contribution in [1.82, 2.24) is 5.32 Å². The van der Waals surface area contributed by atoms with Gasteiger partial charge in [-0.3, -0.25) is 10.1 Å². The highest BCUT2D eigenvalue weighted by Crippen LogP contribution is 2.17. The van der Waals surface area contributed by atoms with E-state index in [2.05, 4.69) is 41.8 Å². The normalized spacial score (nSPS) is 11.8. The predicted molar refractivity (Wildman–Crippen MR) is 107 cm³/mol. The second-order valence-corrected chi connectivity index (χ2v) is 6.57. The van der Waals surface area contributed by atoms with Gasteiger partial charge in [-0.05, 0) is 37.1 Å². The highest BCUT2D eigenvalue weighted by atomic mass is 16.2. The maximum atomic E-state index is 12.9. The first-order valence-corrected chi connectivity index (χ1v) is 8.83. The Kier molecular flexibility index (Phi) is 5.82. The first-order valence-electron chi connectivity index (χ1n) is 8.83. The van der Waals surface area contributed by atoms with E-state index in [0.29, 0.717) is 6.54 Å². The molecular weight excluding hydrogens is 320 g/mol. The Bertz CT molecular complexity index is 840. The number of rotatable bonds is 6. The SMILES string of the molecule is Cc1ccc(CNC(C(=O)Nc2ccc(C)cc2)c2ccccc2)cc1. The van der Waals surface area contributed by atoms with Gasteiger partial charge in [0.2, 0.25) is 5.91 Å². The maximum Gasteiger partial charge on any atom is 0.246 e. The molecule has 0 saturated carbocycles. The number of hydrogen-bond donors (Lipinski definition) is 2. The van der Waals surface area contributed by atoms with Gasteiger partial charge in [-0.15, -0.1) is 0 Å². The van der Waals surface area contributed by atoms with Crippen LogP contribution in [0.4, 0.5) is 5.69 Å². The molecule has 0 aliphatic heterocycles. The molecule has 0 fully saturated rings. The second kappa shape index (κ2) is 8.45. The molecule has 3 heteroatoms. The Morgan fingerprint density at radius 1 is 0.808 bits per heavy atom. The molecule has 2 N–H and O–H groups in total. The molecule has 0 radical (unpaired) electrons. The number of benzene rings is 3. The van der Waals surface area contributed by atoms with E-state index in [4.69, 9.17) is 0 Å². The summed E-state index contributed by atoms with van der Waals surface area (Å²) in [5.74, 6) is -0.0628. The van der Waals surface area contributed by atoms with Crippen molar-refractivity contribution in [1.29, 1.82) is 0 Å². The summed E-state index contributed by atoms with van der Waals surface area (Å²) in [6.45, 7) is 4.72.